The fourth-order valence-electron chi connectivity index (χ4n) is 5.17. The second kappa shape index (κ2) is 11.4. The van der Waals surface area contributed by atoms with Gasteiger partial charge in [-0.15, -0.1) is 13.2 Å². The highest BCUT2D eigenvalue weighted by Gasteiger charge is 2.31. The Kier molecular flexibility index (Phi) is 7.50. The van der Waals surface area contributed by atoms with Crippen molar-refractivity contribution in [3.05, 3.63) is 72.9 Å². The number of alkyl halides is 3. The van der Waals surface area contributed by atoms with Crippen molar-refractivity contribution in [2.45, 2.75) is 6.36 Å². The summed E-state index contributed by atoms with van der Waals surface area (Å²) < 4.78 is 45.1. The number of fused-ring (bicyclic) bond motifs is 3. The zero-order valence-corrected chi connectivity index (χ0v) is 23.2. The molecule has 10 nitrogen and oxygen atoms in total. The molecule has 0 radical (unpaired) electrons. The Balaban J connectivity index is 1.39. The van der Waals surface area contributed by atoms with Crippen LogP contribution in [0.2, 0.25) is 0 Å². The molecule has 1 aliphatic rings. The van der Waals surface area contributed by atoms with E-state index >= 15 is 0 Å². The molecule has 4 N–H and O–H groups in total. The Bertz CT molecular complexity index is 1780. The van der Waals surface area contributed by atoms with Crippen LogP contribution in [0.15, 0.2) is 72.9 Å². The molecule has 0 unspecified atom stereocenters. The van der Waals surface area contributed by atoms with E-state index in [2.05, 4.69) is 37.2 Å². The van der Waals surface area contributed by atoms with Crippen LogP contribution in [-0.4, -0.2) is 71.5 Å². The fourth-order valence-corrected chi connectivity index (χ4v) is 5.17. The number of rotatable bonds is 7. The van der Waals surface area contributed by atoms with E-state index in [1.54, 1.807) is 41.1 Å². The van der Waals surface area contributed by atoms with Crippen molar-refractivity contribution in [2.75, 3.05) is 55.3 Å². The molecular weight excluding hydrogens is 561 g/mol. The summed E-state index contributed by atoms with van der Waals surface area (Å²) in [6.45, 7) is 3.74. The summed E-state index contributed by atoms with van der Waals surface area (Å²) in [7, 11) is 2.12. The van der Waals surface area contributed by atoms with Gasteiger partial charge in [-0.3, -0.25) is 9.36 Å². The van der Waals surface area contributed by atoms with Crippen LogP contribution in [0.25, 0.3) is 27.6 Å². The number of piperazine rings is 1. The van der Waals surface area contributed by atoms with Gasteiger partial charge in [-0.2, -0.15) is 4.98 Å². The van der Waals surface area contributed by atoms with Crippen molar-refractivity contribution in [2.24, 2.45) is 5.73 Å². The highest BCUT2D eigenvalue weighted by atomic mass is 19.4. The second-order valence-electron chi connectivity index (χ2n) is 10.3. The van der Waals surface area contributed by atoms with Crippen molar-refractivity contribution in [3.63, 3.8) is 0 Å². The van der Waals surface area contributed by atoms with Gasteiger partial charge in [0.05, 0.1) is 12.1 Å². The molecule has 0 spiro atoms. The van der Waals surface area contributed by atoms with Crippen LogP contribution in [0.3, 0.4) is 0 Å². The van der Waals surface area contributed by atoms with E-state index in [4.69, 9.17) is 10.7 Å². The summed E-state index contributed by atoms with van der Waals surface area (Å²) in [6, 6.07) is 19.0. The van der Waals surface area contributed by atoms with E-state index in [9.17, 15) is 18.0 Å². The summed E-state index contributed by atoms with van der Waals surface area (Å²) in [5.74, 6) is -0.445. The number of hydrogen-bond acceptors (Lipinski definition) is 8. The smallest absolute Gasteiger partial charge is 0.406 e. The molecule has 0 saturated carbocycles. The lowest BCUT2D eigenvalue weighted by atomic mass is 10.2. The highest BCUT2D eigenvalue weighted by Crippen LogP contribution is 2.35. The Hall–Kier alpha value is -4.88. The molecule has 0 bridgehead atoms. The molecule has 13 heteroatoms. The molecule has 5 aromatic rings. The van der Waals surface area contributed by atoms with Gasteiger partial charge in [0.2, 0.25) is 11.9 Å². The molecule has 1 saturated heterocycles. The largest absolute Gasteiger partial charge is 0.573 e. The van der Waals surface area contributed by atoms with Gasteiger partial charge in [-0.05, 0) is 61.6 Å². The number of benzene rings is 3. The molecule has 6 rings (SSSR count). The molecule has 1 fully saturated rings. The van der Waals surface area contributed by atoms with Gasteiger partial charge in [0, 0.05) is 72.0 Å². The molecule has 0 atom stereocenters. The number of hydrogen-bond donors (Lipinski definition) is 3. The zero-order valence-electron chi connectivity index (χ0n) is 23.2. The van der Waals surface area contributed by atoms with Gasteiger partial charge < -0.3 is 30.9 Å². The van der Waals surface area contributed by atoms with Crippen molar-refractivity contribution < 1.29 is 22.7 Å². The third-order valence-electron chi connectivity index (χ3n) is 7.28. The summed E-state index contributed by atoms with van der Waals surface area (Å²) >= 11 is 0. The number of nitrogens with one attached hydrogen (secondary N) is 2. The van der Waals surface area contributed by atoms with Crippen LogP contribution < -0.4 is 26.0 Å². The van der Waals surface area contributed by atoms with Crippen LogP contribution in [0, 0.1) is 0 Å². The van der Waals surface area contributed by atoms with Crippen LogP contribution in [0.5, 0.6) is 5.75 Å². The number of nitrogens with zero attached hydrogens (tertiary/aromatic N) is 5. The van der Waals surface area contributed by atoms with Crippen LogP contribution in [0.1, 0.15) is 0 Å². The molecule has 3 heterocycles. The first-order valence-electron chi connectivity index (χ1n) is 13.6. The SMILES string of the molecule is CN1CCN(c2ccc(Nc3ncc4c5ccc(OC(F)(F)F)cc5n(-c5cccc(NC(=O)CN)c5)c4n3)cc2)CC1. The van der Waals surface area contributed by atoms with Gasteiger partial charge in [-0.25, -0.2) is 4.98 Å². The number of carbonyl (C=O) groups is 1. The van der Waals surface area contributed by atoms with Crippen molar-refractivity contribution in [1.29, 1.82) is 0 Å². The average molecular weight is 591 g/mol. The molecule has 43 heavy (non-hydrogen) atoms. The van der Waals surface area contributed by atoms with E-state index in [1.807, 2.05) is 24.3 Å². The van der Waals surface area contributed by atoms with Crippen LogP contribution >= 0.6 is 0 Å². The lowest BCUT2D eigenvalue weighted by Gasteiger charge is -2.34. The van der Waals surface area contributed by atoms with Crippen molar-refractivity contribution >= 4 is 50.9 Å². The normalized spacial score (nSPS) is 14.3. The quantitative estimate of drug-likeness (QED) is 0.246. The molecule has 1 aliphatic heterocycles. The minimum Gasteiger partial charge on any atom is -0.406 e. The maximum absolute atomic E-state index is 13.1. The summed E-state index contributed by atoms with van der Waals surface area (Å²) in [5.41, 5.74) is 9.26. The van der Waals surface area contributed by atoms with Gasteiger partial charge >= 0.3 is 6.36 Å². The molecule has 0 aliphatic carbocycles. The number of carbonyl (C=O) groups excluding carboxylic acids is 1. The first kappa shape index (κ1) is 28.2. The first-order chi connectivity index (χ1) is 20.7. The number of likely N-dealkylation sites (N-methyl/N-ethyl adjacent to an activating group) is 1. The van der Waals surface area contributed by atoms with E-state index in [0.717, 1.165) is 37.6 Å². The average Bonchev–Trinajstić information content (AvgIpc) is 3.30. The first-order valence-corrected chi connectivity index (χ1v) is 13.6. The van der Waals surface area contributed by atoms with Gasteiger partial charge in [0.1, 0.15) is 5.75 Å². The highest BCUT2D eigenvalue weighted by molar-refractivity contribution is 6.08. The Morgan fingerprint density at radius 3 is 2.44 bits per heavy atom. The topological polar surface area (TPSA) is 114 Å². The Morgan fingerprint density at radius 2 is 1.72 bits per heavy atom. The van der Waals surface area contributed by atoms with Gasteiger partial charge in [0.15, 0.2) is 5.65 Å². The van der Waals surface area contributed by atoms with Crippen LogP contribution in [0.4, 0.5) is 36.2 Å². The van der Waals surface area contributed by atoms with Crippen LogP contribution in [-0.2, 0) is 4.79 Å². The number of nitrogens with two attached hydrogens (primary N) is 1. The summed E-state index contributed by atoms with van der Waals surface area (Å²) in [4.78, 5) is 25.8. The lowest BCUT2D eigenvalue weighted by molar-refractivity contribution is -0.274. The minimum atomic E-state index is -4.85. The van der Waals surface area contributed by atoms with Crippen molar-refractivity contribution in [3.8, 4) is 11.4 Å². The van der Waals surface area contributed by atoms with Crippen molar-refractivity contribution in [1.82, 2.24) is 19.4 Å². The third-order valence-corrected chi connectivity index (χ3v) is 7.28. The maximum atomic E-state index is 13.1. The Morgan fingerprint density at radius 1 is 0.953 bits per heavy atom. The predicted octanol–water partition coefficient (Wildman–Crippen LogP) is 4.86. The molecular formula is C30H29F3N8O2. The molecule has 222 valence electrons. The van der Waals surface area contributed by atoms with Gasteiger partial charge in [0.25, 0.3) is 0 Å². The summed E-state index contributed by atoms with van der Waals surface area (Å²) in [5, 5.41) is 7.20. The molecule has 2 aromatic heterocycles. The predicted molar refractivity (Wildman–Crippen MR) is 160 cm³/mol. The van der Waals surface area contributed by atoms with E-state index in [-0.39, 0.29) is 18.2 Å². The second-order valence-corrected chi connectivity index (χ2v) is 10.3. The van der Waals surface area contributed by atoms with Gasteiger partial charge in [-0.1, -0.05) is 6.07 Å². The Labute approximate surface area is 244 Å². The van der Waals surface area contributed by atoms with E-state index in [0.29, 0.717) is 39.3 Å². The zero-order chi connectivity index (χ0) is 30.1. The third kappa shape index (κ3) is 6.17. The lowest BCUT2D eigenvalue weighted by Crippen LogP contribution is -2.44. The fraction of sp³-hybridized carbons (Fsp3) is 0.233. The minimum absolute atomic E-state index is 0.198. The van der Waals surface area contributed by atoms with E-state index < -0.39 is 6.36 Å². The number of aromatic nitrogens is 3. The summed E-state index contributed by atoms with van der Waals surface area (Å²) in [6.07, 6.45) is -3.22. The molecule has 1 amide bonds. The number of anilines is 4. The number of ether oxygens (including phenoxy) is 1. The number of halogens is 3. The molecule has 3 aromatic carbocycles. The monoisotopic (exact) mass is 590 g/mol. The number of amides is 1. The maximum Gasteiger partial charge on any atom is 0.573 e. The standard InChI is InChI=1S/C30H29F3N8O2/c1-39-11-13-40(14-12-39)21-7-5-19(6-8-21)37-29-35-18-25-24-10-9-23(43-30(31,32)33)16-26(24)41(28(25)38-29)22-4-2-3-20(15-22)36-27(42)17-34/h2-10,15-16,18H,11-14,17,34H2,1H3,(H,36,42)(H,35,37,38). The van der Waals surface area contributed by atoms with E-state index in [1.165, 1.54) is 12.1 Å².